The van der Waals surface area contributed by atoms with E-state index in [0.717, 1.165) is 38.6 Å². The first-order valence-electron chi connectivity index (χ1n) is 8.08. The molecule has 1 N–H and O–H groups in total. The van der Waals surface area contributed by atoms with Gasteiger partial charge in [-0.05, 0) is 39.5 Å². The monoisotopic (exact) mass is 279 g/mol. The van der Waals surface area contributed by atoms with E-state index in [0.29, 0.717) is 0 Å². The summed E-state index contributed by atoms with van der Waals surface area (Å²) in [5, 5.41) is 8.42. The molecule has 1 saturated carbocycles. The fourth-order valence-corrected chi connectivity index (χ4v) is 2.57. The van der Waals surface area contributed by atoms with E-state index in [9.17, 15) is 0 Å². The van der Waals surface area contributed by atoms with E-state index in [1.807, 2.05) is 0 Å². The zero-order valence-corrected chi connectivity index (χ0v) is 13.4. The van der Waals surface area contributed by atoms with Crippen molar-refractivity contribution in [2.24, 2.45) is 0 Å². The molecule has 1 heterocycles. The number of ether oxygens (including phenoxy) is 1. The summed E-state index contributed by atoms with van der Waals surface area (Å²) in [4.78, 5) is 0. The summed E-state index contributed by atoms with van der Waals surface area (Å²) in [5.41, 5.74) is 4.05. The Morgan fingerprint density at radius 2 is 2.05 bits per heavy atom. The van der Waals surface area contributed by atoms with Crippen LogP contribution < -0.4 is 5.32 Å². The van der Waals surface area contributed by atoms with Crippen LogP contribution in [0.1, 0.15) is 57.5 Å². The minimum Gasteiger partial charge on any atom is -0.377 e. The number of nitrogens with one attached hydrogen (secondary N) is 1. The van der Waals surface area contributed by atoms with Crippen molar-refractivity contribution in [3.05, 3.63) is 17.0 Å². The van der Waals surface area contributed by atoms with Crippen molar-refractivity contribution < 1.29 is 4.74 Å². The van der Waals surface area contributed by atoms with Crippen molar-refractivity contribution in [2.45, 2.75) is 78.6 Å². The van der Waals surface area contributed by atoms with Crippen LogP contribution in [0.2, 0.25) is 0 Å². The third kappa shape index (κ3) is 4.06. The number of aromatic nitrogens is 2. The van der Waals surface area contributed by atoms with Gasteiger partial charge in [-0.25, -0.2) is 0 Å². The molecule has 1 aliphatic carbocycles. The van der Waals surface area contributed by atoms with Gasteiger partial charge in [0.2, 0.25) is 0 Å². The average Bonchev–Trinajstić information content (AvgIpc) is 3.18. The predicted molar refractivity (Wildman–Crippen MR) is 81.9 cm³/mol. The lowest BCUT2D eigenvalue weighted by Gasteiger charge is -2.10. The van der Waals surface area contributed by atoms with Crippen molar-refractivity contribution in [3.63, 3.8) is 0 Å². The predicted octanol–water partition coefficient (Wildman–Crippen LogP) is 2.68. The molecule has 4 nitrogen and oxygen atoms in total. The van der Waals surface area contributed by atoms with Crippen LogP contribution in [0.3, 0.4) is 0 Å². The van der Waals surface area contributed by atoms with E-state index in [1.165, 1.54) is 29.8 Å². The molecule has 0 amide bonds. The normalized spacial score (nSPS) is 15.2. The second-order valence-corrected chi connectivity index (χ2v) is 5.88. The lowest BCUT2D eigenvalue weighted by molar-refractivity contribution is 0.0705. The Kier molecular flexibility index (Phi) is 5.61. The number of hydrogen-bond acceptors (Lipinski definition) is 3. The molecule has 1 aromatic heterocycles. The van der Waals surface area contributed by atoms with Crippen molar-refractivity contribution in [1.82, 2.24) is 15.1 Å². The molecular formula is C16H29N3O. The molecule has 0 aliphatic heterocycles. The molecule has 1 fully saturated rings. The SMILES string of the molecule is CCc1nn(CCOC(C)C)c(CC)c1CNC1CC1. The van der Waals surface area contributed by atoms with E-state index in [4.69, 9.17) is 9.84 Å². The van der Waals surface area contributed by atoms with Crippen molar-refractivity contribution in [1.29, 1.82) is 0 Å². The van der Waals surface area contributed by atoms with Gasteiger partial charge < -0.3 is 10.1 Å². The van der Waals surface area contributed by atoms with E-state index in [-0.39, 0.29) is 6.10 Å². The van der Waals surface area contributed by atoms with E-state index in [1.54, 1.807) is 0 Å². The average molecular weight is 279 g/mol. The maximum atomic E-state index is 5.66. The number of hydrogen-bond donors (Lipinski definition) is 1. The van der Waals surface area contributed by atoms with Gasteiger partial charge in [0.15, 0.2) is 0 Å². The van der Waals surface area contributed by atoms with Gasteiger partial charge in [0.05, 0.1) is 24.9 Å². The molecule has 0 saturated heterocycles. The Hall–Kier alpha value is -0.870. The molecule has 20 heavy (non-hydrogen) atoms. The highest BCUT2D eigenvalue weighted by atomic mass is 16.5. The van der Waals surface area contributed by atoms with Crippen LogP contribution in [0, 0.1) is 0 Å². The maximum absolute atomic E-state index is 5.66. The molecule has 0 spiro atoms. The van der Waals surface area contributed by atoms with Gasteiger partial charge in [0.25, 0.3) is 0 Å². The van der Waals surface area contributed by atoms with Crippen molar-refractivity contribution in [2.75, 3.05) is 6.61 Å². The molecule has 0 atom stereocenters. The van der Waals surface area contributed by atoms with Gasteiger partial charge in [-0.3, -0.25) is 4.68 Å². The highest BCUT2D eigenvalue weighted by Crippen LogP contribution is 2.22. The first-order valence-corrected chi connectivity index (χ1v) is 8.08. The van der Waals surface area contributed by atoms with Crippen LogP contribution >= 0.6 is 0 Å². The minimum atomic E-state index is 0.289. The second-order valence-electron chi connectivity index (χ2n) is 5.88. The number of aryl methyl sites for hydroxylation is 1. The Bertz CT molecular complexity index is 422. The molecule has 1 aliphatic rings. The minimum absolute atomic E-state index is 0.289. The van der Waals surface area contributed by atoms with E-state index < -0.39 is 0 Å². The lowest BCUT2D eigenvalue weighted by Crippen LogP contribution is -2.18. The molecule has 2 rings (SSSR count). The Labute approximate surface area is 122 Å². The Morgan fingerprint density at radius 1 is 1.30 bits per heavy atom. The molecule has 4 heteroatoms. The van der Waals surface area contributed by atoms with Gasteiger partial charge in [-0.15, -0.1) is 0 Å². The quantitative estimate of drug-likeness (QED) is 0.755. The van der Waals surface area contributed by atoms with Gasteiger partial charge in [-0.2, -0.15) is 5.10 Å². The van der Waals surface area contributed by atoms with Gasteiger partial charge >= 0.3 is 0 Å². The van der Waals surface area contributed by atoms with Crippen LogP contribution in [0.15, 0.2) is 0 Å². The van der Waals surface area contributed by atoms with Crippen LogP contribution in [0.4, 0.5) is 0 Å². The standard InChI is InChI=1S/C16H29N3O/c1-5-15-14(11-17-13-7-8-13)16(6-2)19(18-15)9-10-20-12(3)4/h12-13,17H,5-11H2,1-4H3. The molecule has 1 aromatic rings. The fraction of sp³-hybridized carbons (Fsp3) is 0.812. The second kappa shape index (κ2) is 7.23. The first kappa shape index (κ1) is 15.5. The van der Waals surface area contributed by atoms with E-state index in [2.05, 4.69) is 37.7 Å². The van der Waals surface area contributed by atoms with Crippen molar-refractivity contribution in [3.8, 4) is 0 Å². The van der Waals surface area contributed by atoms with Crippen LogP contribution in [-0.4, -0.2) is 28.5 Å². The number of rotatable bonds is 9. The number of nitrogens with zero attached hydrogens (tertiary/aromatic N) is 2. The summed E-state index contributed by atoms with van der Waals surface area (Å²) in [5.74, 6) is 0. The highest BCUT2D eigenvalue weighted by molar-refractivity contribution is 5.27. The van der Waals surface area contributed by atoms with Crippen LogP contribution in [0.25, 0.3) is 0 Å². The smallest absolute Gasteiger partial charge is 0.0669 e. The molecule has 114 valence electrons. The summed E-state index contributed by atoms with van der Waals surface area (Å²) in [7, 11) is 0. The van der Waals surface area contributed by atoms with E-state index >= 15 is 0 Å². The summed E-state index contributed by atoms with van der Waals surface area (Å²) in [6, 6.07) is 0.747. The summed E-state index contributed by atoms with van der Waals surface area (Å²) in [6.45, 7) is 11.1. The van der Waals surface area contributed by atoms with Gasteiger partial charge in [-0.1, -0.05) is 13.8 Å². The maximum Gasteiger partial charge on any atom is 0.0669 e. The summed E-state index contributed by atoms with van der Waals surface area (Å²) in [6.07, 6.45) is 5.00. The van der Waals surface area contributed by atoms with Gasteiger partial charge in [0, 0.05) is 23.8 Å². The summed E-state index contributed by atoms with van der Waals surface area (Å²) < 4.78 is 7.82. The Morgan fingerprint density at radius 3 is 2.60 bits per heavy atom. The first-order chi connectivity index (χ1) is 9.65. The molecule has 0 radical (unpaired) electrons. The molecule has 0 aromatic carbocycles. The van der Waals surface area contributed by atoms with Crippen LogP contribution in [-0.2, 0) is 30.7 Å². The Balaban J connectivity index is 2.05. The zero-order valence-electron chi connectivity index (χ0n) is 13.4. The van der Waals surface area contributed by atoms with Crippen LogP contribution in [0.5, 0.6) is 0 Å². The van der Waals surface area contributed by atoms with Gasteiger partial charge in [0.1, 0.15) is 0 Å². The topological polar surface area (TPSA) is 39.1 Å². The highest BCUT2D eigenvalue weighted by Gasteiger charge is 2.22. The third-order valence-corrected chi connectivity index (χ3v) is 3.82. The zero-order chi connectivity index (χ0) is 14.5. The molecule has 0 bridgehead atoms. The lowest BCUT2D eigenvalue weighted by atomic mass is 10.1. The molecular weight excluding hydrogens is 250 g/mol. The molecule has 0 unspecified atom stereocenters. The van der Waals surface area contributed by atoms with Crippen molar-refractivity contribution >= 4 is 0 Å². The summed E-state index contributed by atoms with van der Waals surface area (Å²) >= 11 is 0. The largest absolute Gasteiger partial charge is 0.377 e. The third-order valence-electron chi connectivity index (χ3n) is 3.82. The fourth-order valence-electron chi connectivity index (χ4n) is 2.57.